The van der Waals surface area contributed by atoms with E-state index in [1.807, 2.05) is 18.2 Å². The molecule has 0 saturated heterocycles. The molecule has 2 aromatic rings. The van der Waals surface area contributed by atoms with Gasteiger partial charge in [0.15, 0.2) is 12.4 Å². The van der Waals surface area contributed by atoms with E-state index in [2.05, 4.69) is 5.32 Å². The molecule has 130 valence electrons. The third kappa shape index (κ3) is 4.06. The summed E-state index contributed by atoms with van der Waals surface area (Å²) >= 11 is 0. The van der Waals surface area contributed by atoms with Crippen LogP contribution in [0.5, 0.6) is 5.75 Å². The van der Waals surface area contributed by atoms with Gasteiger partial charge in [-0.25, -0.2) is 0 Å². The second-order valence-corrected chi connectivity index (χ2v) is 6.20. The number of aliphatic hydroxyl groups is 1. The minimum atomic E-state index is -0.457. The Kier molecular flexibility index (Phi) is 5.14. The number of aliphatic hydroxyl groups excluding tert-OH is 1. The van der Waals surface area contributed by atoms with Gasteiger partial charge in [-0.05, 0) is 67.6 Å². The van der Waals surface area contributed by atoms with Crippen LogP contribution in [0.15, 0.2) is 42.5 Å². The zero-order valence-corrected chi connectivity index (χ0v) is 14.1. The first-order valence-corrected chi connectivity index (χ1v) is 8.38. The first-order valence-electron chi connectivity index (χ1n) is 8.38. The van der Waals surface area contributed by atoms with Crippen LogP contribution < -0.4 is 10.1 Å². The van der Waals surface area contributed by atoms with Gasteiger partial charge in [0.05, 0.1) is 6.10 Å². The highest BCUT2D eigenvalue weighted by Gasteiger charge is 2.21. The maximum absolute atomic E-state index is 12.1. The maximum Gasteiger partial charge on any atom is 0.262 e. The molecule has 1 atom stereocenters. The predicted molar refractivity (Wildman–Crippen MR) is 94.9 cm³/mol. The minimum Gasteiger partial charge on any atom is -0.483 e. The molecule has 1 aliphatic carbocycles. The van der Waals surface area contributed by atoms with Crippen molar-refractivity contribution in [1.82, 2.24) is 0 Å². The van der Waals surface area contributed by atoms with E-state index in [0.29, 0.717) is 17.0 Å². The molecule has 0 heterocycles. The first-order chi connectivity index (χ1) is 12.0. The Balaban J connectivity index is 1.61. The van der Waals surface area contributed by atoms with Crippen LogP contribution in [0.4, 0.5) is 5.69 Å². The molecule has 1 amide bonds. The van der Waals surface area contributed by atoms with Crippen molar-refractivity contribution in [3.63, 3.8) is 0 Å². The van der Waals surface area contributed by atoms with Crippen LogP contribution in [0.1, 0.15) is 47.4 Å². The van der Waals surface area contributed by atoms with E-state index in [1.165, 1.54) is 6.92 Å². The molecule has 2 aromatic carbocycles. The summed E-state index contributed by atoms with van der Waals surface area (Å²) in [6.45, 7) is 1.39. The van der Waals surface area contributed by atoms with Crippen LogP contribution in [-0.2, 0) is 11.2 Å². The Bertz CT molecular complexity index is 783. The highest BCUT2D eigenvalue weighted by molar-refractivity contribution is 5.95. The number of carbonyl (C=O) groups excluding carboxylic acids is 2. The molecule has 5 heteroatoms. The largest absolute Gasteiger partial charge is 0.483 e. The molecule has 3 rings (SSSR count). The van der Waals surface area contributed by atoms with Crippen LogP contribution >= 0.6 is 0 Å². The van der Waals surface area contributed by atoms with Gasteiger partial charge in [-0.15, -0.1) is 0 Å². The lowest BCUT2D eigenvalue weighted by molar-refractivity contribution is -0.118. The number of benzene rings is 2. The smallest absolute Gasteiger partial charge is 0.262 e. The molecule has 0 unspecified atom stereocenters. The van der Waals surface area contributed by atoms with Crippen LogP contribution in [0, 0.1) is 0 Å². The van der Waals surface area contributed by atoms with Crippen LogP contribution in [0.25, 0.3) is 0 Å². The summed E-state index contributed by atoms with van der Waals surface area (Å²) in [4.78, 5) is 23.3. The monoisotopic (exact) mass is 339 g/mol. The molecular formula is C20H21NO4. The number of rotatable bonds is 5. The maximum atomic E-state index is 12.1. The van der Waals surface area contributed by atoms with Crippen LogP contribution in [-0.4, -0.2) is 23.4 Å². The van der Waals surface area contributed by atoms with Crippen molar-refractivity contribution in [1.29, 1.82) is 0 Å². The number of nitrogens with one attached hydrogen (secondary N) is 1. The standard InChI is InChI=1S/C20H21NO4/c1-13(22)14-8-10-15(11-9-14)21-20(24)12-25-19-7-3-4-16-17(19)5-2-6-18(16)23/h3-4,7-11,18,23H,2,5-6,12H2,1H3,(H,21,24)/t18-/m0/s1. The highest BCUT2D eigenvalue weighted by atomic mass is 16.5. The van der Waals surface area contributed by atoms with Gasteiger partial charge in [-0.1, -0.05) is 12.1 Å². The number of ether oxygens (including phenoxy) is 1. The number of amides is 1. The fourth-order valence-electron chi connectivity index (χ4n) is 3.05. The van der Waals surface area contributed by atoms with Crippen molar-refractivity contribution in [2.45, 2.75) is 32.3 Å². The SMILES string of the molecule is CC(=O)c1ccc(NC(=O)COc2cccc3c2CCC[C@@H]3O)cc1. The number of hydrogen-bond donors (Lipinski definition) is 2. The molecule has 5 nitrogen and oxygen atoms in total. The van der Waals surface area contributed by atoms with Crippen molar-refractivity contribution in [2.75, 3.05) is 11.9 Å². The van der Waals surface area contributed by atoms with E-state index in [-0.39, 0.29) is 18.3 Å². The van der Waals surface area contributed by atoms with E-state index >= 15 is 0 Å². The highest BCUT2D eigenvalue weighted by Crippen LogP contribution is 2.35. The number of Topliss-reactive ketones (excluding diaryl/α,β-unsaturated/α-hetero) is 1. The summed E-state index contributed by atoms with van der Waals surface area (Å²) in [5.41, 5.74) is 3.09. The van der Waals surface area contributed by atoms with Gasteiger partial charge in [-0.2, -0.15) is 0 Å². The van der Waals surface area contributed by atoms with Crippen LogP contribution in [0.3, 0.4) is 0 Å². The summed E-state index contributed by atoms with van der Waals surface area (Å²) < 4.78 is 5.67. The van der Waals surface area contributed by atoms with Gasteiger partial charge < -0.3 is 15.2 Å². The molecule has 0 fully saturated rings. The average molecular weight is 339 g/mol. The quantitative estimate of drug-likeness (QED) is 0.820. The summed E-state index contributed by atoms with van der Waals surface area (Å²) in [6, 6.07) is 12.3. The summed E-state index contributed by atoms with van der Waals surface area (Å²) in [5, 5.41) is 12.8. The van der Waals surface area contributed by atoms with Crippen molar-refractivity contribution in [3.05, 3.63) is 59.2 Å². The molecule has 0 aliphatic heterocycles. The lowest BCUT2D eigenvalue weighted by Crippen LogP contribution is -2.21. The van der Waals surface area contributed by atoms with Crippen molar-refractivity contribution >= 4 is 17.4 Å². The summed E-state index contributed by atoms with van der Waals surface area (Å²) in [5.74, 6) is 0.361. The summed E-state index contributed by atoms with van der Waals surface area (Å²) in [7, 11) is 0. The third-order valence-corrected chi connectivity index (χ3v) is 4.37. The van der Waals surface area contributed by atoms with Crippen LogP contribution in [0.2, 0.25) is 0 Å². The molecular weight excluding hydrogens is 318 g/mol. The topological polar surface area (TPSA) is 75.6 Å². The molecule has 0 radical (unpaired) electrons. The van der Waals surface area contributed by atoms with E-state index in [9.17, 15) is 14.7 Å². The molecule has 25 heavy (non-hydrogen) atoms. The molecule has 0 spiro atoms. The molecule has 0 bridgehead atoms. The molecule has 0 saturated carbocycles. The van der Waals surface area contributed by atoms with Gasteiger partial charge >= 0.3 is 0 Å². The Morgan fingerprint density at radius 1 is 1.20 bits per heavy atom. The lowest BCUT2D eigenvalue weighted by atomic mass is 9.89. The third-order valence-electron chi connectivity index (χ3n) is 4.37. The normalized spacial score (nSPS) is 16.0. The van der Waals surface area contributed by atoms with Gasteiger partial charge in [0.1, 0.15) is 5.75 Å². The molecule has 2 N–H and O–H groups in total. The van der Waals surface area contributed by atoms with Gasteiger partial charge in [-0.3, -0.25) is 9.59 Å². The number of carbonyl (C=O) groups is 2. The number of ketones is 1. The molecule has 0 aromatic heterocycles. The van der Waals surface area contributed by atoms with E-state index in [1.54, 1.807) is 24.3 Å². The zero-order valence-electron chi connectivity index (χ0n) is 14.1. The minimum absolute atomic E-state index is 0.0164. The van der Waals surface area contributed by atoms with Gasteiger partial charge in [0.2, 0.25) is 0 Å². The van der Waals surface area contributed by atoms with E-state index in [4.69, 9.17) is 4.74 Å². The van der Waals surface area contributed by atoms with Gasteiger partial charge in [0.25, 0.3) is 5.91 Å². The zero-order chi connectivity index (χ0) is 17.8. The first kappa shape index (κ1) is 17.2. The number of hydrogen-bond acceptors (Lipinski definition) is 4. The Morgan fingerprint density at radius 2 is 1.96 bits per heavy atom. The average Bonchev–Trinajstić information content (AvgIpc) is 2.61. The van der Waals surface area contributed by atoms with Gasteiger partial charge in [0, 0.05) is 11.3 Å². The molecule has 1 aliphatic rings. The fraction of sp³-hybridized carbons (Fsp3) is 0.300. The Morgan fingerprint density at radius 3 is 2.68 bits per heavy atom. The van der Waals surface area contributed by atoms with E-state index < -0.39 is 6.10 Å². The second kappa shape index (κ2) is 7.49. The lowest BCUT2D eigenvalue weighted by Gasteiger charge is -2.23. The number of fused-ring (bicyclic) bond motifs is 1. The van der Waals surface area contributed by atoms with Crippen molar-refractivity contribution < 1.29 is 19.4 Å². The van der Waals surface area contributed by atoms with E-state index in [0.717, 1.165) is 30.4 Å². The predicted octanol–water partition coefficient (Wildman–Crippen LogP) is 3.28. The number of anilines is 1. The van der Waals surface area contributed by atoms with Crippen molar-refractivity contribution in [2.24, 2.45) is 0 Å². The Labute approximate surface area is 146 Å². The fourth-order valence-corrected chi connectivity index (χ4v) is 3.05. The summed E-state index contributed by atoms with van der Waals surface area (Å²) in [6.07, 6.45) is 2.05. The Hall–Kier alpha value is -2.66. The second-order valence-electron chi connectivity index (χ2n) is 6.20. The van der Waals surface area contributed by atoms with Crippen molar-refractivity contribution in [3.8, 4) is 5.75 Å².